The van der Waals surface area contributed by atoms with Crippen molar-refractivity contribution in [2.45, 2.75) is 0 Å². The number of benzene rings is 6. The van der Waals surface area contributed by atoms with Crippen LogP contribution in [0, 0.1) is 22.7 Å². The quantitative estimate of drug-likeness (QED) is 0.230. The Kier molecular flexibility index (Phi) is 6.52. The van der Waals surface area contributed by atoms with Crippen molar-refractivity contribution < 1.29 is 4.74 Å². The maximum atomic E-state index is 9.86. The zero-order chi connectivity index (χ0) is 29.2. The number of fused-ring (bicyclic) bond motifs is 2. The molecule has 0 saturated heterocycles. The maximum Gasteiger partial charge on any atom is 0.135 e. The highest BCUT2D eigenvalue weighted by Crippen LogP contribution is 2.51. The van der Waals surface area contributed by atoms with E-state index in [0.29, 0.717) is 33.8 Å². The number of hydrogen-bond donors (Lipinski definition) is 1. The average Bonchev–Trinajstić information content (AvgIpc) is 3.07. The van der Waals surface area contributed by atoms with E-state index in [1.807, 2.05) is 78.9 Å². The summed E-state index contributed by atoms with van der Waals surface area (Å²) in [4.78, 5) is 2.28. The van der Waals surface area contributed by atoms with Gasteiger partial charge in [-0.05, 0) is 54.6 Å². The molecule has 0 saturated carbocycles. The van der Waals surface area contributed by atoms with Crippen LogP contribution in [0.5, 0.6) is 11.5 Å². The van der Waals surface area contributed by atoms with E-state index in [4.69, 9.17) is 4.74 Å². The Morgan fingerprint density at radius 2 is 0.930 bits per heavy atom. The summed E-state index contributed by atoms with van der Waals surface area (Å²) in [6.07, 6.45) is 0. The number of nitriles is 2. The van der Waals surface area contributed by atoms with E-state index in [0.717, 1.165) is 39.6 Å². The second kappa shape index (κ2) is 10.9. The number of hydrogen-bond acceptors (Lipinski definition) is 5. The first-order valence-electron chi connectivity index (χ1n) is 13.9. The lowest BCUT2D eigenvalue weighted by Gasteiger charge is -2.35. The van der Waals surface area contributed by atoms with Crippen molar-refractivity contribution in [1.29, 1.82) is 10.5 Å². The third kappa shape index (κ3) is 4.52. The predicted octanol–water partition coefficient (Wildman–Crippen LogP) is 10.1. The van der Waals surface area contributed by atoms with Gasteiger partial charge in [-0.1, -0.05) is 84.9 Å². The van der Waals surface area contributed by atoms with Gasteiger partial charge in [0.1, 0.15) is 11.5 Å². The molecule has 43 heavy (non-hydrogen) atoms. The van der Waals surface area contributed by atoms with Crippen LogP contribution in [0.1, 0.15) is 11.1 Å². The Morgan fingerprint density at radius 1 is 0.465 bits per heavy atom. The van der Waals surface area contributed by atoms with E-state index in [9.17, 15) is 10.5 Å². The molecule has 1 aliphatic heterocycles. The number of rotatable bonds is 5. The van der Waals surface area contributed by atoms with Gasteiger partial charge in [0.15, 0.2) is 0 Å². The van der Waals surface area contributed by atoms with Crippen LogP contribution < -0.4 is 15.0 Å². The third-order valence-corrected chi connectivity index (χ3v) is 7.56. The summed E-state index contributed by atoms with van der Waals surface area (Å²) in [5, 5.41) is 23.3. The molecule has 0 radical (unpaired) electrons. The molecule has 1 aliphatic rings. The van der Waals surface area contributed by atoms with E-state index in [1.165, 1.54) is 0 Å². The molecule has 0 fully saturated rings. The molecular weight excluding hydrogens is 528 g/mol. The minimum Gasteiger partial charge on any atom is -0.456 e. The molecule has 5 nitrogen and oxygen atoms in total. The minimum atomic E-state index is 0.421. The van der Waals surface area contributed by atoms with Gasteiger partial charge in [-0.15, -0.1) is 0 Å². The number of para-hydroxylation sites is 7. The molecule has 0 bridgehead atoms. The molecule has 0 amide bonds. The highest BCUT2D eigenvalue weighted by molar-refractivity contribution is 6.00. The largest absolute Gasteiger partial charge is 0.456 e. The standard InChI is InChI=1S/C38H24N4O/c39-24-26-12-11-13-27(25-40)38(26)30-16-3-10-23-37(30)43-36-22-9-2-15-29(36)28-14-1-6-19-33(28)42-34-20-7-4-17-31(34)41-32-18-5-8-21-35(32)42/h1-23,41H. The lowest BCUT2D eigenvalue weighted by atomic mass is 9.94. The fourth-order valence-corrected chi connectivity index (χ4v) is 5.67. The van der Waals surface area contributed by atoms with Crippen molar-refractivity contribution in [3.63, 3.8) is 0 Å². The zero-order valence-corrected chi connectivity index (χ0v) is 23.0. The van der Waals surface area contributed by atoms with Crippen LogP contribution in [0.15, 0.2) is 140 Å². The van der Waals surface area contributed by atoms with Crippen molar-refractivity contribution in [1.82, 2.24) is 0 Å². The van der Waals surface area contributed by atoms with E-state index in [1.54, 1.807) is 18.2 Å². The van der Waals surface area contributed by atoms with Gasteiger partial charge >= 0.3 is 0 Å². The summed E-state index contributed by atoms with van der Waals surface area (Å²) in [6, 6.07) is 50.0. The van der Waals surface area contributed by atoms with Crippen LogP contribution in [0.2, 0.25) is 0 Å². The minimum absolute atomic E-state index is 0.421. The predicted molar refractivity (Wildman–Crippen MR) is 171 cm³/mol. The highest BCUT2D eigenvalue weighted by atomic mass is 16.5. The molecular formula is C38H24N4O. The molecule has 6 aromatic carbocycles. The normalized spacial score (nSPS) is 11.3. The van der Waals surface area contributed by atoms with E-state index >= 15 is 0 Å². The van der Waals surface area contributed by atoms with Crippen LogP contribution in [0.25, 0.3) is 22.3 Å². The third-order valence-electron chi connectivity index (χ3n) is 7.56. The van der Waals surface area contributed by atoms with Gasteiger partial charge in [-0.3, -0.25) is 0 Å². The molecule has 0 aromatic heterocycles. The molecule has 0 atom stereocenters. The molecule has 7 rings (SSSR count). The van der Waals surface area contributed by atoms with Gasteiger partial charge in [0.25, 0.3) is 0 Å². The smallest absolute Gasteiger partial charge is 0.135 e. The molecule has 5 heteroatoms. The summed E-state index contributed by atoms with van der Waals surface area (Å²) < 4.78 is 6.68. The van der Waals surface area contributed by atoms with Crippen molar-refractivity contribution in [3.8, 4) is 45.9 Å². The number of nitrogens with zero attached hydrogens (tertiary/aromatic N) is 3. The Hall–Kier alpha value is -6.30. The first-order valence-corrected chi connectivity index (χ1v) is 13.9. The van der Waals surface area contributed by atoms with Crippen molar-refractivity contribution in [3.05, 3.63) is 151 Å². The fourth-order valence-electron chi connectivity index (χ4n) is 5.67. The number of anilines is 5. The first-order chi connectivity index (χ1) is 21.3. The SMILES string of the molecule is N#Cc1cccc(C#N)c1-c1ccccc1Oc1ccccc1-c1ccccc1N1c2ccccc2Nc2ccccc21. The molecule has 0 unspecified atom stereocenters. The molecule has 0 aliphatic carbocycles. The first kappa shape index (κ1) is 25.7. The second-order valence-corrected chi connectivity index (χ2v) is 10.1. The van der Waals surface area contributed by atoms with Gasteiger partial charge in [0.05, 0.1) is 51.7 Å². The molecule has 1 N–H and O–H groups in total. The average molecular weight is 553 g/mol. The second-order valence-electron chi connectivity index (χ2n) is 10.1. The fraction of sp³-hybridized carbons (Fsp3) is 0. The highest BCUT2D eigenvalue weighted by Gasteiger charge is 2.26. The summed E-state index contributed by atoms with van der Waals surface area (Å²) in [5.41, 5.74) is 9.17. The Balaban J connectivity index is 1.38. The zero-order valence-electron chi connectivity index (χ0n) is 23.0. The van der Waals surface area contributed by atoms with Gasteiger partial charge in [-0.2, -0.15) is 10.5 Å². The summed E-state index contributed by atoms with van der Waals surface area (Å²) in [7, 11) is 0. The summed E-state index contributed by atoms with van der Waals surface area (Å²) >= 11 is 0. The maximum absolute atomic E-state index is 9.86. The van der Waals surface area contributed by atoms with Gasteiger partial charge in [0, 0.05) is 22.3 Å². The van der Waals surface area contributed by atoms with Crippen LogP contribution in [-0.2, 0) is 0 Å². The summed E-state index contributed by atoms with van der Waals surface area (Å²) in [6.45, 7) is 0. The summed E-state index contributed by atoms with van der Waals surface area (Å²) in [5.74, 6) is 1.22. The molecule has 6 aromatic rings. The Labute approximate surface area is 250 Å². The monoisotopic (exact) mass is 552 g/mol. The van der Waals surface area contributed by atoms with Crippen LogP contribution in [0.3, 0.4) is 0 Å². The Morgan fingerprint density at radius 3 is 1.53 bits per heavy atom. The Bertz CT molecular complexity index is 2010. The van der Waals surface area contributed by atoms with Crippen LogP contribution in [-0.4, -0.2) is 0 Å². The van der Waals surface area contributed by atoms with E-state index in [2.05, 4.69) is 64.8 Å². The van der Waals surface area contributed by atoms with Gasteiger partial charge < -0.3 is 15.0 Å². The number of ether oxygens (including phenoxy) is 1. The van der Waals surface area contributed by atoms with E-state index in [-0.39, 0.29) is 0 Å². The molecule has 0 spiro atoms. The van der Waals surface area contributed by atoms with Crippen LogP contribution in [0.4, 0.5) is 28.4 Å². The molecule has 202 valence electrons. The number of nitrogens with one attached hydrogen (secondary N) is 1. The lowest BCUT2D eigenvalue weighted by molar-refractivity contribution is 0.486. The van der Waals surface area contributed by atoms with Gasteiger partial charge in [-0.25, -0.2) is 0 Å². The van der Waals surface area contributed by atoms with Crippen molar-refractivity contribution >= 4 is 28.4 Å². The lowest BCUT2D eigenvalue weighted by Crippen LogP contribution is -2.18. The topological polar surface area (TPSA) is 72.1 Å². The van der Waals surface area contributed by atoms with Gasteiger partial charge in [0.2, 0.25) is 0 Å². The van der Waals surface area contributed by atoms with Crippen molar-refractivity contribution in [2.75, 3.05) is 10.2 Å². The van der Waals surface area contributed by atoms with E-state index < -0.39 is 0 Å². The molecule has 1 heterocycles. The van der Waals surface area contributed by atoms with Crippen molar-refractivity contribution in [2.24, 2.45) is 0 Å². The van der Waals surface area contributed by atoms with Crippen LogP contribution >= 0.6 is 0 Å².